The summed E-state index contributed by atoms with van der Waals surface area (Å²) >= 11 is 0. The highest BCUT2D eigenvalue weighted by Gasteiger charge is 2.24. The van der Waals surface area contributed by atoms with Crippen molar-refractivity contribution in [3.63, 3.8) is 0 Å². The van der Waals surface area contributed by atoms with Crippen LogP contribution in [-0.2, 0) is 21.2 Å². The molecule has 0 spiro atoms. The molecule has 1 N–H and O–H groups in total. The summed E-state index contributed by atoms with van der Waals surface area (Å²) in [5.41, 5.74) is 1.06. The second-order valence-electron chi connectivity index (χ2n) is 4.52. The molecule has 0 aliphatic carbocycles. The Hall–Kier alpha value is -1.40. The van der Waals surface area contributed by atoms with Gasteiger partial charge in [-0.3, -0.25) is 4.79 Å². The first-order valence-corrected chi connectivity index (χ1v) is 7.51. The van der Waals surface area contributed by atoms with E-state index in [1.54, 1.807) is 24.3 Å². The van der Waals surface area contributed by atoms with Gasteiger partial charge in [0.25, 0.3) is 0 Å². The monoisotopic (exact) mass is 285 g/mol. The zero-order valence-corrected chi connectivity index (χ0v) is 12.1. The van der Waals surface area contributed by atoms with Crippen molar-refractivity contribution >= 4 is 16.0 Å². The van der Waals surface area contributed by atoms with E-state index in [0.29, 0.717) is 0 Å². The Kier molecular flexibility index (Phi) is 5.08. The van der Waals surface area contributed by atoms with E-state index in [4.69, 9.17) is 5.11 Å². The van der Waals surface area contributed by atoms with Crippen molar-refractivity contribution in [2.75, 3.05) is 13.6 Å². The van der Waals surface area contributed by atoms with E-state index in [2.05, 4.69) is 0 Å². The first kappa shape index (κ1) is 15.7. The maximum Gasteiger partial charge on any atom is 0.307 e. The van der Waals surface area contributed by atoms with Gasteiger partial charge in [0.2, 0.25) is 10.0 Å². The molecule has 0 fully saturated rings. The van der Waals surface area contributed by atoms with Crippen LogP contribution in [0.15, 0.2) is 29.2 Å². The molecule has 0 heterocycles. The fourth-order valence-corrected chi connectivity index (χ4v) is 2.90. The molecular weight excluding hydrogens is 266 g/mol. The zero-order valence-electron chi connectivity index (χ0n) is 11.3. The Balaban J connectivity index is 2.92. The fraction of sp³-hybridized carbons (Fsp3) is 0.462. The molecule has 5 nitrogen and oxygen atoms in total. The molecule has 0 radical (unpaired) electrons. The molecule has 0 saturated heterocycles. The Morgan fingerprint density at radius 1 is 1.32 bits per heavy atom. The van der Waals surface area contributed by atoms with Gasteiger partial charge in [-0.1, -0.05) is 26.0 Å². The third-order valence-electron chi connectivity index (χ3n) is 2.99. The van der Waals surface area contributed by atoms with E-state index in [9.17, 15) is 13.2 Å². The molecule has 1 aromatic rings. The number of nitrogens with zero attached hydrogens (tertiary/aromatic N) is 1. The number of carboxylic acid groups (broad SMARTS) is 1. The van der Waals surface area contributed by atoms with Crippen molar-refractivity contribution in [1.82, 2.24) is 4.31 Å². The molecule has 6 heteroatoms. The molecule has 106 valence electrons. The minimum Gasteiger partial charge on any atom is -0.481 e. The standard InChI is InChI=1S/C13H19NO4S/c1-4-11-5-7-12(8-6-11)19(17,18)14(3)9-10(2)13(15)16/h5-8,10H,4,9H2,1-3H3,(H,15,16). The Morgan fingerprint density at radius 2 is 1.84 bits per heavy atom. The number of aliphatic carboxylic acids is 1. The zero-order chi connectivity index (χ0) is 14.6. The third-order valence-corrected chi connectivity index (χ3v) is 4.83. The van der Waals surface area contributed by atoms with Crippen LogP contribution in [0.2, 0.25) is 0 Å². The Morgan fingerprint density at radius 3 is 2.26 bits per heavy atom. The van der Waals surface area contributed by atoms with Gasteiger partial charge < -0.3 is 5.11 Å². The number of benzene rings is 1. The summed E-state index contributed by atoms with van der Waals surface area (Å²) in [5.74, 6) is -1.75. The minimum absolute atomic E-state index is 0.0484. The maximum atomic E-state index is 12.2. The van der Waals surface area contributed by atoms with Crippen LogP contribution in [-0.4, -0.2) is 37.4 Å². The average Bonchev–Trinajstić information content (AvgIpc) is 2.38. The van der Waals surface area contributed by atoms with Gasteiger partial charge in [-0.15, -0.1) is 0 Å². The van der Waals surface area contributed by atoms with Crippen molar-refractivity contribution in [2.45, 2.75) is 25.2 Å². The van der Waals surface area contributed by atoms with E-state index in [1.165, 1.54) is 14.0 Å². The topological polar surface area (TPSA) is 74.7 Å². The quantitative estimate of drug-likeness (QED) is 0.861. The molecule has 1 unspecified atom stereocenters. The van der Waals surface area contributed by atoms with Gasteiger partial charge in [0.15, 0.2) is 0 Å². The second-order valence-corrected chi connectivity index (χ2v) is 6.57. The van der Waals surface area contributed by atoms with Gasteiger partial charge in [0, 0.05) is 13.6 Å². The van der Waals surface area contributed by atoms with Crippen LogP contribution < -0.4 is 0 Å². The number of aryl methyl sites for hydroxylation is 1. The number of rotatable bonds is 6. The van der Waals surface area contributed by atoms with Crippen molar-refractivity contribution in [3.05, 3.63) is 29.8 Å². The SMILES string of the molecule is CCc1ccc(S(=O)(=O)N(C)CC(C)C(=O)O)cc1. The molecule has 1 atom stereocenters. The molecule has 1 rings (SSSR count). The predicted molar refractivity (Wildman–Crippen MR) is 72.4 cm³/mol. The Bertz CT molecular complexity index is 536. The summed E-state index contributed by atoms with van der Waals surface area (Å²) in [6, 6.07) is 6.63. The van der Waals surface area contributed by atoms with Crippen LogP contribution in [0.25, 0.3) is 0 Å². The summed E-state index contributed by atoms with van der Waals surface area (Å²) in [4.78, 5) is 10.9. The first-order valence-electron chi connectivity index (χ1n) is 6.07. The van der Waals surface area contributed by atoms with Gasteiger partial charge >= 0.3 is 5.97 Å². The van der Waals surface area contributed by atoms with Crippen LogP contribution in [0.5, 0.6) is 0 Å². The third kappa shape index (κ3) is 3.78. The summed E-state index contributed by atoms with van der Waals surface area (Å²) in [7, 11) is -2.23. The normalized spacial score (nSPS) is 13.5. The summed E-state index contributed by atoms with van der Waals surface area (Å²) in [5, 5.41) is 8.81. The van der Waals surface area contributed by atoms with Crippen molar-refractivity contribution in [3.8, 4) is 0 Å². The maximum absolute atomic E-state index is 12.2. The van der Waals surface area contributed by atoms with Gasteiger partial charge in [-0.2, -0.15) is 0 Å². The highest BCUT2D eigenvalue weighted by Crippen LogP contribution is 2.16. The lowest BCUT2D eigenvalue weighted by atomic mass is 10.2. The largest absolute Gasteiger partial charge is 0.481 e. The van der Waals surface area contributed by atoms with Crippen molar-refractivity contribution in [1.29, 1.82) is 0 Å². The molecule has 0 aliphatic rings. The second kappa shape index (κ2) is 6.16. The lowest BCUT2D eigenvalue weighted by Crippen LogP contribution is -2.33. The molecular formula is C13H19NO4S. The summed E-state index contributed by atoms with van der Waals surface area (Å²) in [6.45, 7) is 3.42. The van der Waals surface area contributed by atoms with E-state index in [-0.39, 0.29) is 11.4 Å². The lowest BCUT2D eigenvalue weighted by molar-refractivity contribution is -0.141. The van der Waals surface area contributed by atoms with Crippen LogP contribution in [0.1, 0.15) is 19.4 Å². The molecule has 1 aromatic carbocycles. The average molecular weight is 285 g/mol. The molecule has 0 aromatic heterocycles. The number of hydrogen-bond acceptors (Lipinski definition) is 3. The first-order chi connectivity index (χ1) is 8.78. The Labute approximate surface area is 113 Å². The van der Waals surface area contributed by atoms with E-state index in [0.717, 1.165) is 16.3 Å². The number of sulfonamides is 1. The van der Waals surface area contributed by atoms with E-state index in [1.807, 2.05) is 6.92 Å². The van der Waals surface area contributed by atoms with E-state index >= 15 is 0 Å². The smallest absolute Gasteiger partial charge is 0.307 e. The summed E-state index contributed by atoms with van der Waals surface area (Å²) < 4.78 is 25.5. The summed E-state index contributed by atoms with van der Waals surface area (Å²) in [6.07, 6.45) is 0.839. The van der Waals surface area contributed by atoms with E-state index < -0.39 is 21.9 Å². The molecule has 0 saturated carbocycles. The molecule has 19 heavy (non-hydrogen) atoms. The molecule has 0 aliphatic heterocycles. The minimum atomic E-state index is -3.62. The number of hydrogen-bond donors (Lipinski definition) is 1. The van der Waals surface area contributed by atoms with Gasteiger partial charge in [0.1, 0.15) is 0 Å². The highest BCUT2D eigenvalue weighted by molar-refractivity contribution is 7.89. The van der Waals surface area contributed by atoms with Crippen LogP contribution in [0.4, 0.5) is 0 Å². The van der Waals surface area contributed by atoms with Crippen LogP contribution in [0, 0.1) is 5.92 Å². The molecule has 0 bridgehead atoms. The van der Waals surface area contributed by atoms with Crippen LogP contribution >= 0.6 is 0 Å². The van der Waals surface area contributed by atoms with Crippen molar-refractivity contribution in [2.24, 2.45) is 5.92 Å². The fourth-order valence-electron chi connectivity index (χ4n) is 1.64. The van der Waals surface area contributed by atoms with Crippen LogP contribution in [0.3, 0.4) is 0 Å². The lowest BCUT2D eigenvalue weighted by Gasteiger charge is -2.19. The predicted octanol–water partition coefficient (Wildman–Crippen LogP) is 1.59. The van der Waals surface area contributed by atoms with Gasteiger partial charge in [-0.05, 0) is 24.1 Å². The highest BCUT2D eigenvalue weighted by atomic mass is 32.2. The molecule has 0 amide bonds. The van der Waals surface area contributed by atoms with Gasteiger partial charge in [0.05, 0.1) is 10.8 Å². The number of carbonyl (C=O) groups is 1. The van der Waals surface area contributed by atoms with Gasteiger partial charge in [-0.25, -0.2) is 12.7 Å². The van der Waals surface area contributed by atoms with Crippen molar-refractivity contribution < 1.29 is 18.3 Å². The number of carboxylic acids is 1.